The molecule has 9 nitrogen and oxygen atoms in total. The molecule has 1 aromatic rings. The number of anilines is 1. The van der Waals surface area contributed by atoms with Gasteiger partial charge in [0.2, 0.25) is 0 Å². The number of carbonyl (C=O) groups excluding carboxylic acids is 2. The predicted octanol–water partition coefficient (Wildman–Crippen LogP) is 3.81. The molecule has 0 aromatic carbocycles. The fraction of sp³-hybridized carbons (Fsp3) is 0.774. The van der Waals surface area contributed by atoms with Gasteiger partial charge in [-0.1, -0.05) is 46.0 Å². The molecule has 4 unspecified atom stereocenters. The van der Waals surface area contributed by atoms with Crippen LogP contribution in [0.15, 0.2) is 17.1 Å². The Bertz CT molecular complexity index is 1070. The van der Waals surface area contributed by atoms with E-state index in [1.165, 1.54) is 22.0 Å². The standard InChI is InChI=1S/C31H52N4O5/c1-7-9-10-11-14-23(13-8-2)29(38)40-26-15-12-16-30(26)21-32-18-17-31(30,39)22-35-20-24(28(37)34(5)6)25(33(3)4)19-27(35)36/h19-20,23,26,32,39H,7-18,21-22H2,1-6H3. The van der Waals surface area contributed by atoms with Gasteiger partial charge in [0.1, 0.15) is 6.10 Å². The topological polar surface area (TPSA) is 104 Å². The van der Waals surface area contributed by atoms with Gasteiger partial charge in [-0.05, 0) is 45.1 Å². The van der Waals surface area contributed by atoms with Crippen LogP contribution >= 0.6 is 0 Å². The van der Waals surface area contributed by atoms with Crippen molar-refractivity contribution in [3.63, 3.8) is 0 Å². The quantitative estimate of drug-likeness (QED) is 0.279. The highest BCUT2D eigenvalue weighted by Crippen LogP contribution is 2.51. The molecule has 0 bridgehead atoms. The smallest absolute Gasteiger partial charge is 0.309 e. The Balaban J connectivity index is 1.90. The van der Waals surface area contributed by atoms with Crippen LogP contribution in [0.2, 0.25) is 0 Å². The SMILES string of the molecule is CCCCCCC(CCC)C(=O)OC1CCCC12CNCCC2(O)Cn1cc(C(=O)N(C)C)c(N(C)C)cc1=O. The minimum atomic E-state index is -1.27. The number of esters is 1. The van der Waals surface area contributed by atoms with E-state index in [0.717, 1.165) is 44.9 Å². The van der Waals surface area contributed by atoms with Crippen molar-refractivity contribution in [1.29, 1.82) is 0 Å². The number of pyridine rings is 1. The van der Waals surface area contributed by atoms with E-state index in [4.69, 9.17) is 4.74 Å². The average molecular weight is 561 g/mol. The third-order valence-electron chi connectivity index (χ3n) is 9.08. The number of hydrogen-bond donors (Lipinski definition) is 2. The lowest BCUT2D eigenvalue weighted by molar-refractivity contribution is -0.187. The maximum atomic E-state index is 13.5. The second kappa shape index (κ2) is 14.0. The minimum absolute atomic E-state index is 0.0401. The van der Waals surface area contributed by atoms with Crippen LogP contribution in [0.25, 0.3) is 0 Å². The molecule has 2 fully saturated rings. The molecule has 3 rings (SSSR count). The molecule has 226 valence electrons. The van der Waals surface area contributed by atoms with Crippen LogP contribution in [0.4, 0.5) is 5.69 Å². The Kier molecular flexibility index (Phi) is 11.2. The first-order valence-electron chi connectivity index (χ1n) is 15.3. The van der Waals surface area contributed by atoms with Crippen molar-refractivity contribution >= 4 is 17.6 Å². The van der Waals surface area contributed by atoms with Gasteiger partial charge in [-0.25, -0.2) is 0 Å². The van der Waals surface area contributed by atoms with Crippen molar-refractivity contribution < 1.29 is 19.4 Å². The van der Waals surface area contributed by atoms with Crippen molar-refractivity contribution in [2.75, 3.05) is 46.2 Å². The van der Waals surface area contributed by atoms with Crippen LogP contribution < -0.4 is 15.8 Å². The molecule has 1 aliphatic carbocycles. The lowest BCUT2D eigenvalue weighted by Gasteiger charge is -2.51. The molecular formula is C31H52N4O5. The zero-order valence-electron chi connectivity index (χ0n) is 25.6. The highest BCUT2D eigenvalue weighted by atomic mass is 16.5. The summed E-state index contributed by atoms with van der Waals surface area (Å²) in [6.07, 6.45) is 10.9. The monoisotopic (exact) mass is 560 g/mol. The number of nitrogens with zero attached hydrogens (tertiary/aromatic N) is 3. The van der Waals surface area contributed by atoms with Crippen molar-refractivity contribution in [1.82, 2.24) is 14.8 Å². The molecule has 0 radical (unpaired) electrons. The Morgan fingerprint density at radius 3 is 2.52 bits per heavy atom. The molecule has 2 aliphatic rings. The molecule has 4 atom stereocenters. The van der Waals surface area contributed by atoms with Gasteiger partial charge in [0.15, 0.2) is 0 Å². The highest BCUT2D eigenvalue weighted by molar-refractivity contribution is 5.99. The summed E-state index contributed by atoms with van der Waals surface area (Å²) < 4.78 is 7.76. The molecule has 40 heavy (non-hydrogen) atoms. The Hall–Kier alpha value is -2.39. The molecule has 1 aromatic heterocycles. The predicted molar refractivity (Wildman–Crippen MR) is 159 cm³/mol. The molecule has 1 spiro atoms. The summed E-state index contributed by atoms with van der Waals surface area (Å²) in [5.74, 6) is -0.480. The second-order valence-corrected chi connectivity index (χ2v) is 12.4. The van der Waals surface area contributed by atoms with Crippen LogP contribution in [0, 0.1) is 11.3 Å². The maximum absolute atomic E-state index is 13.5. The fourth-order valence-electron chi connectivity index (χ4n) is 6.73. The molecule has 9 heteroatoms. The fourth-order valence-corrected chi connectivity index (χ4v) is 6.73. The first-order valence-corrected chi connectivity index (χ1v) is 15.3. The number of aliphatic hydroxyl groups is 1. The van der Waals surface area contributed by atoms with E-state index in [2.05, 4.69) is 19.2 Å². The number of hydrogen-bond acceptors (Lipinski definition) is 7. The summed E-state index contributed by atoms with van der Waals surface area (Å²) in [5, 5.41) is 15.8. The van der Waals surface area contributed by atoms with E-state index in [1.54, 1.807) is 39.3 Å². The van der Waals surface area contributed by atoms with Crippen molar-refractivity contribution in [2.45, 2.75) is 103 Å². The van der Waals surface area contributed by atoms with E-state index in [0.29, 0.717) is 43.6 Å². The van der Waals surface area contributed by atoms with Gasteiger partial charge in [0.05, 0.1) is 34.7 Å². The largest absolute Gasteiger partial charge is 0.461 e. The summed E-state index contributed by atoms with van der Waals surface area (Å²) in [5.41, 5.74) is -1.31. The molecule has 2 N–H and O–H groups in total. The number of piperidine rings is 1. The number of amides is 1. The van der Waals surface area contributed by atoms with E-state index < -0.39 is 17.1 Å². The van der Waals surface area contributed by atoms with Crippen LogP contribution in [-0.2, 0) is 16.1 Å². The molecular weight excluding hydrogens is 508 g/mol. The number of nitrogens with one attached hydrogen (secondary N) is 1. The number of aromatic nitrogens is 1. The summed E-state index contributed by atoms with van der Waals surface area (Å²) in [4.78, 5) is 43.0. The van der Waals surface area contributed by atoms with Crippen LogP contribution in [-0.4, -0.2) is 79.4 Å². The van der Waals surface area contributed by atoms with E-state index >= 15 is 0 Å². The number of unbranched alkanes of at least 4 members (excludes halogenated alkanes) is 3. The number of carbonyl (C=O) groups is 2. The van der Waals surface area contributed by atoms with E-state index in [1.807, 2.05) is 0 Å². The van der Waals surface area contributed by atoms with Gasteiger partial charge in [0, 0.05) is 47.0 Å². The Morgan fingerprint density at radius 1 is 1.12 bits per heavy atom. The van der Waals surface area contributed by atoms with E-state index in [-0.39, 0.29) is 29.9 Å². The average Bonchev–Trinajstić information content (AvgIpc) is 3.31. The highest BCUT2D eigenvalue weighted by Gasteiger charge is 2.60. The van der Waals surface area contributed by atoms with Crippen LogP contribution in [0.1, 0.15) is 94.8 Å². The maximum Gasteiger partial charge on any atom is 0.309 e. The van der Waals surface area contributed by atoms with Crippen LogP contribution in [0.3, 0.4) is 0 Å². The van der Waals surface area contributed by atoms with Gasteiger partial charge in [0.25, 0.3) is 11.5 Å². The number of rotatable bonds is 13. The zero-order chi connectivity index (χ0) is 29.5. The van der Waals surface area contributed by atoms with E-state index in [9.17, 15) is 19.5 Å². The summed E-state index contributed by atoms with van der Waals surface area (Å²) in [6.45, 7) is 5.44. The van der Waals surface area contributed by atoms with Gasteiger partial charge in [-0.3, -0.25) is 14.4 Å². The van der Waals surface area contributed by atoms with Crippen molar-refractivity contribution in [3.8, 4) is 0 Å². The van der Waals surface area contributed by atoms with Crippen molar-refractivity contribution in [2.24, 2.45) is 11.3 Å². The third-order valence-corrected chi connectivity index (χ3v) is 9.08. The van der Waals surface area contributed by atoms with Gasteiger partial charge in [-0.15, -0.1) is 0 Å². The van der Waals surface area contributed by atoms with Gasteiger partial charge < -0.3 is 29.5 Å². The second-order valence-electron chi connectivity index (χ2n) is 12.4. The summed E-state index contributed by atoms with van der Waals surface area (Å²) in [6, 6.07) is 1.47. The summed E-state index contributed by atoms with van der Waals surface area (Å²) in [7, 11) is 6.96. The van der Waals surface area contributed by atoms with Crippen LogP contribution in [0.5, 0.6) is 0 Å². The van der Waals surface area contributed by atoms with Gasteiger partial charge >= 0.3 is 5.97 Å². The molecule has 2 heterocycles. The minimum Gasteiger partial charge on any atom is -0.461 e. The Morgan fingerprint density at radius 2 is 1.88 bits per heavy atom. The first kappa shape index (κ1) is 32.1. The molecule has 1 amide bonds. The normalized spacial score (nSPS) is 25.1. The molecule has 1 aliphatic heterocycles. The van der Waals surface area contributed by atoms with Crippen molar-refractivity contribution in [3.05, 3.63) is 28.2 Å². The number of ether oxygens (including phenoxy) is 1. The molecule has 1 saturated carbocycles. The molecule has 1 saturated heterocycles. The lowest BCUT2D eigenvalue weighted by atomic mass is 9.65. The third kappa shape index (κ3) is 6.90. The van der Waals surface area contributed by atoms with Gasteiger partial charge in [-0.2, -0.15) is 0 Å². The summed E-state index contributed by atoms with van der Waals surface area (Å²) >= 11 is 0. The first-order chi connectivity index (χ1) is 19.0. The Labute approximate surface area is 240 Å². The lowest BCUT2D eigenvalue weighted by Crippen LogP contribution is -2.65. The zero-order valence-corrected chi connectivity index (χ0v) is 25.6.